The Labute approximate surface area is 128 Å². The van der Waals surface area contributed by atoms with Crippen LogP contribution in [0.3, 0.4) is 0 Å². The molecule has 1 atom stereocenters. The summed E-state index contributed by atoms with van der Waals surface area (Å²) in [5, 5.41) is 17.8. The van der Waals surface area contributed by atoms with E-state index in [-0.39, 0.29) is 0 Å². The maximum Gasteiger partial charge on any atom is 0.254 e. The van der Waals surface area contributed by atoms with Crippen LogP contribution in [0.1, 0.15) is 28.5 Å². The predicted molar refractivity (Wildman–Crippen MR) is 84.9 cm³/mol. The Morgan fingerprint density at radius 2 is 2.09 bits per heavy atom. The summed E-state index contributed by atoms with van der Waals surface area (Å²) in [7, 11) is 0. The Balaban J connectivity index is 1.85. The van der Waals surface area contributed by atoms with E-state index in [0.29, 0.717) is 12.3 Å². The number of hydrogen-bond donors (Lipinski definition) is 2. The maximum absolute atomic E-state index is 10.4. The number of anilines is 1. The minimum atomic E-state index is -0.591. The van der Waals surface area contributed by atoms with Gasteiger partial charge in [-0.1, -0.05) is 29.8 Å². The molecule has 2 N–H and O–H groups in total. The molecule has 2 aromatic heterocycles. The second-order valence-electron chi connectivity index (χ2n) is 5.45. The van der Waals surface area contributed by atoms with Gasteiger partial charge >= 0.3 is 0 Å². The Bertz CT molecular complexity index is 811. The van der Waals surface area contributed by atoms with Gasteiger partial charge in [0, 0.05) is 17.8 Å². The van der Waals surface area contributed by atoms with Crippen LogP contribution in [0.2, 0.25) is 0 Å². The third-order valence-electron chi connectivity index (χ3n) is 3.80. The molecule has 0 radical (unpaired) electrons. The summed E-state index contributed by atoms with van der Waals surface area (Å²) in [4.78, 5) is 8.50. The van der Waals surface area contributed by atoms with Crippen LogP contribution in [0.4, 0.5) is 5.82 Å². The third kappa shape index (κ3) is 2.65. The molecular formula is C16H19N5O. The highest BCUT2D eigenvalue weighted by Crippen LogP contribution is 2.20. The number of aromatic nitrogens is 4. The number of rotatable bonds is 4. The highest BCUT2D eigenvalue weighted by molar-refractivity contribution is 5.52. The van der Waals surface area contributed by atoms with Gasteiger partial charge in [-0.2, -0.15) is 14.6 Å². The Hall–Kier alpha value is -2.47. The first-order valence-corrected chi connectivity index (χ1v) is 7.21. The molecule has 0 aliphatic heterocycles. The fourth-order valence-corrected chi connectivity index (χ4v) is 2.43. The molecule has 0 amide bonds. The normalized spacial score (nSPS) is 12.5. The van der Waals surface area contributed by atoms with Crippen molar-refractivity contribution in [3.8, 4) is 0 Å². The summed E-state index contributed by atoms with van der Waals surface area (Å²) in [6.07, 6.45) is 0.884. The molecule has 0 fully saturated rings. The van der Waals surface area contributed by atoms with Crippen LogP contribution in [0.15, 0.2) is 30.6 Å². The average molecular weight is 297 g/mol. The van der Waals surface area contributed by atoms with E-state index in [4.69, 9.17) is 0 Å². The fraction of sp³-hybridized carbons (Fsp3) is 0.312. The molecule has 6 nitrogen and oxygen atoms in total. The van der Waals surface area contributed by atoms with E-state index in [0.717, 1.165) is 28.2 Å². The van der Waals surface area contributed by atoms with Crippen molar-refractivity contribution in [2.75, 3.05) is 11.9 Å². The highest BCUT2D eigenvalue weighted by atomic mass is 16.3. The van der Waals surface area contributed by atoms with Crippen molar-refractivity contribution in [2.45, 2.75) is 26.9 Å². The van der Waals surface area contributed by atoms with Crippen LogP contribution < -0.4 is 5.32 Å². The second-order valence-corrected chi connectivity index (χ2v) is 5.45. The number of hydrogen-bond acceptors (Lipinski definition) is 5. The summed E-state index contributed by atoms with van der Waals surface area (Å²) < 4.78 is 1.66. The number of fused-ring (bicyclic) bond motifs is 1. The van der Waals surface area contributed by atoms with Gasteiger partial charge in [-0.05, 0) is 26.3 Å². The van der Waals surface area contributed by atoms with Gasteiger partial charge in [0.2, 0.25) is 0 Å². The van der Waals surface area contributed by atoms with Crippen LogP contribution in [0.5, 0.6) is 0 Å². The van der Waals surface area contributed by atoms with Gasteiger partial charge in [0.15, 0.2) is 0 Å². The molecule has 114 valence electrons. The number of nitrogens with one attached hydrogen (secondary N) is 1. The van der Waals surface area contributed by atoms with Gasteiger partial charge in [0.25, 0.3) is 5.78 Å². The largest absolute Gasteiger partial charge is 0.387 e. The minimum Gasteiger partial charge on any atom is -0.387 e. The minimum absolute atomic E-state index is 0.392. The number of benzene rings is 1. The fourth-order valence-electron chi connectivity index (χ4n) is 2.43. The number of aliphatic hydroxyl groups excluding tert-OH is 1. The zero-order valence-electron chi connectivity index (χ0n) is 12.9. The molecule has 3 rings (SSSR count). The SMILES string of the molecule is Cc1cccc(C(O)CNc2c(C)c(C)nc3ncnn23)c1. The first-order chi connectivity index (χ1) is 10.6. The van der Waals surface area contributed by atoms with Gasteiger partial charge in [0.1, 0.15) is 12.1 Å². The summed E-state index contributed by atoms with van der Waals surface area (Å²) in [6, 6.07) is 7.88. The molecule has 0 saturated carbocycles. The molecular weight excluding hydrogens is 278 g/mol. The van der Waals surface area contributed by atoms with Gasteiger partial charge in [-0.15, -0.1) is 0 Å². The van der Waals surface area contributed by atoms with E-state index >= 15 is 0 Å². The summed E-state index contributed by atoms with van der Waals surface area (Å²) in [6.45, 7) is 6.32. The molecule has 0 saturated heterocycles. The Morgan fingerprint density at radius 1 is 1.27 bits per heavy atom. The van der Waals surface area contributed by atoms with Crippen molar-refractivity contribution in [3.05, 3.63) is 53.0 Å². The van der Waals surface area contributed by atoms with Crippen molar-refractivity contribution in [1.82, 2.24) is 19.6 Å². The summed E-state index contributed by atoms with van der Waals surface area (Å²) >= 11 is 0. The lowest BCUT2D eigenvalue weighted by Crippen LogP contribution is -2.16. The molecule has 1 aromatic carbocycles. The van der Waals surface area contributed by atoms with Crippen LogP contribution in [0.25, 0.3) is 5.78 Å². The van der Waals surface area contributed by atoms with E-state index in [2.05, 4.69) is 20.4 Å². The third-order valence-corrected chi connectivity index (χ3v) is 3.80. The van der Waals surface area contributed by atoms with E-state index in [1.807, 2.05) is 45.0 Å². The lowest BCUT2D eigenvalue weighted by atomic mass is 10.1. The van der Waals surface area contributed by atoms with Crippen molar-refractivity contribution in [2.24, 2.45) is 0 Å². The average Bonchev–Trinajstić information content (AvgIpc) is 2.95. The first-order valence-electron chi connectivity index (χ1n) is 7.21. The van der Waals surface area contributed by atoms with Gasteiger partial charge in [-0.3, -0.25) is 0 Å². The lowest BCUT2D eigenvalue weighted by Gasteiger charge is -2.16. The first kappa shape index (κ1) is 14.5. The van der Waals surface area contributed by atoms with E-state index < -0.39 is 6.10 Å². The quantitative estimate of drug-likeness (QED) is 0.772. The second kappa shape index (κ2) is 5.73. The highest BCUT2D eigenvalue weighted by Gasteiger charge is 2.13. The molecule has 3 aromatic rings. The van der Waals surface area contributed by atoms with Crippen LogP contribution in [0, 0.1) is 20.8 Å². The standard InChI is InChI=1S/C16H19N5O/c1-10-5-4-6-13(7-10)14(22)8-17-15-11(2)12(3)20-16-18-9-19-21(15)16/h4-7,9,14,17,22H,8H2,1-3H3. The Morgan fingerprint density at radius 3 is 2.86 bits per heavy atom. The van der Waals surface area contributed by atoms with Gasteiger partial charge in [-0.25, -0.2) is 4.98 Å². The predicted octanol–water partition coefficient (Wildman–Crippen LogP) is 2.20. The Kier molecular flexibility index (Phi) is 3.77. The molecule has 1 unspecified atom stereocenters. The molecule has 2 heterocycles. The molecule has 6 heteroatoms. The van der Waals surface area contributed by atoms with Gasteiger partial charge in [0.05, 0.1) is 6.10 Å². The van der Waals surface area contributed by atoms with E-state index in [1.54, 1.807) is 4.52 Å². The number of aryl methyl sites for hydroxylation is 2. The van der Waals surface area contributed by atoms with Crippen molar-refractivity contribution < 1.29 is 5.11 Å². The van der Waals surface area contributed by atoms with E-state index in [9.17, 15) is 5.11 Å². The monoisotopic (exact) mass is 297 g/mol. The topological polar surface area (TPSA) is 75.3 Å². The molecule has 0 spiro atoms. The maximum atomic E-state index is 10.4. The van der Waals surface area contributed by atoms with Crippen LogP contribution >= 0.6 is 0 Å². The molecule has 22 heavy (non-hydrogen) atoms. The van der Waals surface area contributed by atoms with Crippen molar-refractivity contribution >= 4 is 11.6 Å². The van der Waals surface area contributed by atoms with Crippen molar-refractivity contribution in [3.63, 3.8) is 0 Å². The van der Waals surface area contributed by atoms with Crippen LogP contribution in [-0.4, -0.2) is 31.2 Å². The molecule has 0 aliphatic rings. The van der Waals surface area contributed by atoms with Gasteiger partial charge < -0.3 is 10.4 Å². The van der Waals surface area contributed by atoms with Crippen LogP contribution in [-0.2, 0) is 0 Å². The zero-order valence-corrected chi connectivity index (χ0v) is 12.9. The van der Waals surface area contributed by atoms with E-state index in [1.165, 1.54) is 6.33 Å². The lowest BCUT2D eigenvalue weighted by molar-refractivity contribution is 0.191. The molecule has 0 aliphatic carbocycles. The smallest absolute Gasteiger partial charge is 0.254 e. The number of nitrogens with zero attached hydrogens (tertiary/aromatic N) is 4. The molecule has 0 bridgehead atoms. The summed E-state index contributed by atoms with van der Waals surface area (Å²) in [5.41, 5.74) is 3.92. The summed E-state index contributed by atoms with van der Waals surface area (Å²) in [5.74, 6) is 1.36. The number of aliphatic hydroxyl groups is 1. The van der Waals surface area contributed by atoms with Crippen molar-refractivity contribution in [1.29, 1.82) is 0 Å². The zero-order chi connectivity index (χ0) is 15.7.